The Hall–Kier alpha value is -11.6. The predicted octanol–water partition coefficient (Wildman–Crippen LogP) is -9.60. The fraction of sp³-hybridized carbons (Fsp3) is 0.667. The Morgan fingerprint density at radius 3 is 1.39 bits per heavy atom. The van der Waals surface area contributed by atoms with E-state index in [-0.39, 0.29) is 38.6 Å². The second-order valence-corrected chi connectivity index (χ2v) is 38.7. The van der Waals surface area contributed by atoms with E-state index in [2.05, 4.69) is 95.7 Å². The van der Waals surface area contributed by atoms with Crippen molar-refractivity contribution in [3.05, 3.63) is 35.9 Å². The van der Waals surface area contributed by atoms with Gasteiger partial charge >= 0.3 is 17.9 Å². The predicted molar refractivity (Wildman–Crippen MR) is 491 cm³/mol. The Morgan fingerprint density at radius 1 is 0.449 bits per heavy atom. The van der Waals surface area contributed by atoms with Crippen molar-refractivity contribution in [3.8, 4) is 0 Å². The lowest BCUT2D eigenvalue weighted by molar-refractivity contribution is -0.152. The first kappa shape index (κ1) is 115. The molecule has 28 N–H and O–H groups in total. The van der Waals surface area contributed by atoms with E-state index in [0.717, 1.165) is 13.8 Å². The van der Waals surface area contributed by atoms with E-state index in [4.69, 9.17) is 5.73 Å². The minimum Gasteiger partial charge on any atom is -0.481 e. The summed E-state index contributed by atoms with van der Waals surface area (Å²) in [5, 5.41) is 109. The molecule has 0 unspecified atom stereocenters. The molecule has 758 valence electrons. The van der Waals surface area contributed by atoms with Crippen LogP contribution < -0.4 is 112 Å². The maximum Gasteiger partial charge on any atom is 0.335 e. The van der Waals surface area contributed by atoms with E-state index >= 15 is 43.2 Å². The van der Waals surface area contributed by atoms with Crippen LogP contribution in [0.1, 0.15) is 141 Å². The molecule has 0 aliphatic carbocycles. The first-order valence-electron chi connectivity index (χ1n) is 44.6. The monoisotopic (exact) mass is 1980 g/mol. The molecule has 6 bridgehead atoms. The van der Waals surface area contributed by atoms with Crippen molar-refractivity contribution < 1.29 is 136 Å². The molecule has 0 spiro atoms. The molecule has 0 aromatic heterocycles. The number of carbonyl (C=O) groups is 22. The number of benzene rings is 1. The number of thioether (sulfide) groups is 3. The zero-order valence-corrected chi connectivity index (χ0v) is 80.2. The lowest BCUT2D eigenvalue weighted by Crippen LogP contribution is -2.64. The normalized spacial score (nSPS) is 29.9. The summed E-state index contributed by atoms with van der Waals surface area (Å²) in [6, 6.07) is -26.8. The Morgan fingerprint density at radius 2 is 0.882 bits per heavy atom. The van der Waals surface area contributed by atoms with Gasteiger partial charge in [-0.2, -0.15) is 35.3 Å². The van der Waals surface area contributed by atoms with Crippen LogP contribution in [0.3, 0.4) is 0 Å². The third-order valence-corrected chi connectivity index (χ3v) is 27.0. The molecule has 0 saturated carbocycles. The molecule has 49 nitrogen and oxygen atoms in total. The summed E-state index contributed by atoms with van der Waals surface area (Å²) >= 11 is 1.72. The lowest BCUT2D eigenvalue weighted by Gasteiger charge is -2.33. The maximum absolute atomic E-state index is 16.0. The fourth-order valence-corrected chi connectivity index (χ4v) is 17.4. The second-order valence-electron chi connectivity index (χ2n) is 34.4. The number of nitrogens with two attached hydrogens (primary N) is 1. The van der Waals surface area contributed by atoms with Crippen LogP contribution in [-0.2, 0) is 112 Å². The van der Waals surface area contributed by atoms with Crippen molar-refractivity contribution >= 4 is 165 Å². The van der Waals surface area contributed by atoms with E-state index in [1.807, 2.05) is 10.6 Å². The number of fused-ring (bicyclic) bond motifs is 21. The van der Waals surface area contributed by atoms with Crippen LogP contribution in [0.25, 0.3) is 0 Å². The molecule has 19 amide bonds. The topological polar surface area (TPSA) is 764 Å². The molecular weight excluding hydrogens is 1850 g/mol. The third-order valence-electron chi connectivity index (χ3n) is 23.0. The van der Waals surface area contributed by atoms with Crippen molar-refractivity contribution in [2.75, 3.05) is 50.0 Å². The summed E-state index contributed by atoms with van der Waals surface area (Å²) in [4.78, 5) is 322. The summed E-state index contributed by atoms with van der Waals surface area (Å²) in [5.74, 6) is -35.1. The number of aliphatic carboxylic acids is 3. The van der Waals surface area contributed by atoms with E-state index in [1.165, 1.54) is 55.4 Å². The number of hydrogen-bond donors (Lipinski definition) is 27. The summed E-state index contributed by atoms with van der Waals surface area (Å²) in [5.41, 5.74) is 6.50. The largest absolute Gasteiger partial charge is 0.481 e. The molecule has 1 aromatic carbocycles. The van der Waals surface area contributed by atoms with Gasteiger partial charge in [0.1, 0.15) is 103 Å². The first-order valence-corrected chi connectivity index (χ1v) is 47.8. The zero-order valence-electron chi connectivity index (χ0n) is 77.8. The van der Waals surface area contributed by atoms with Gasteiger partial charge in [0.2, 0.25) is 112 Å². The van der Waals surface area contributed by atoms with Crippen molar-refractivity contribution in [2.45, 2.75) is 278 Å². The van der Waals surface area contributed by atoms with Crippen LogP contribution >= 0.6 is 35.3 Å². The number of aliphatic hydroxyl groups excluding tert-OH is 3. The van der Waals surface area contributed by atoms with Gasteiger partial charge in [-0.05, 0) is 75.3 Å². The quantitative estimate of drug-likeness (QED) is 0.0607. The third kappa shape index (κ3) is 35.5. The van der Waals surface area contributed by atoms with Gasteiger partial charge in [-0.25, -0.2) is 9.59 Å². The molecule has 0 radical (unpaired) electrons. The van der Waals surface area contributed by atoms with Crippen LogP contribution in [-0.4, -0.2) is 348 Å². The van der Waals surface area contributed by atoms with E-state index in [9.17, 15) is 93.0 Å². The smallest absolute Gasteiger partial charge is 0.335 e. The van der Waals surface area contributed by atoms with Crippen LogP contribution in [0.2, 0.25) is 0 Å². The van der Waals surface area contributed by atoms with Crippen molar-refractivity contribution in [2.24, 2.45) is 29.4 Å². The van der Waals surface area contributed by atoms with Gasteiger partial charge in [0.25, 0.3) is 0 Å². The fourth-order valence-electron chi connectivity index (χ4n) is 14.1. The van der Waals surface area contributed by atoms with Gasteiger partial charge in [-0.1, -0.05) is 119 Å². The number of aliphatic hydroxyl groups is 3. The number of carbonyl (C=O) groups excluding carboxylic acids is 19. The number of amides is 19. The molecule has 25 atom stereocenters. The zero-order chi connectivity index (χ0) is 102. The highest BCUT2D eigenvalue weighted by atomic mass is 32.2. The number of hydrogen-bond acceptors (Lipinski definition) is 30. The molecule has 4 heterocycles. The van der Waals surface area contributed by atoms with Gasteiger partial charge in [-0.15, -0.1) is 0 Å². The first-order chi connectivity index (χ1) is 63.9. The summed E-state index contributed by atoms with van der Waals surface area (Å²) in [6.07, 6.45) is -6.77. The molecular formula is C84H131N21O28S3. The van der Waals surface area contributed by atoms with Crippen LogP contribution in [0, 0.1) is 23.7 Å². The Labute approximate surface area is 797 Å². The van der Waals surface area contributed by atoms with E-state index in [1.54, 1.807) is 51.1 Å². The highest BCUT2D eigenvalue weighted by Crippen LogP contribution is 2.25. The van der Waals surface area contributed by atoms with Crippen LogP contribution in [0.4, 0.5) is 0 Å². The van der Waals surface area contributed by atoms with E-state index < -0.39 is 353 Å². The maximum atomic E-state index is 16.0. The number of nitrogens with one attached hydrogen (secondary N) is 20. The molecule has 52 heteroatoms. The molecule has 5 rings (SSSR count). The standard InChI is InChI=1S/C84H131N21O28S3/c1-14-37(7)58-77(124)100-57(36(5)6)76(123)103-63-43(13)135-33-51-72(119)92-48(69(116)91-47(27-44-21-17-16-18-22-44)68(115)87-29-53(108)97-58)28-86-26-20-19-23-46(83(130)131)90-80(127)62-42(12)134-32-50(94-67(114)45(85)24-25-55(110)111)71(118)89-39(9)66(113)93-49(31-106)70(117)102-61(81(128)96-51)41(11)136-34-52(95-75(122)56(35(3)4)99-78(125)59(38(8)15-2)101-82(63)129)73(120)105-64(65(112)84(132)133)74(121)88-30-54(109)98-60(40(10)107)79(126)104-62/h16-18,21-22,35-43,45-52,56-65,86,106-107,112H,14-15,19-20,23-34,85H2,1-13H3,(H,87,115)(H,88,121)(H,89,118)(H,90,127)(H,91,116)(H,92,119)(H,93,113)(H,94,114)(H,95,122)(H,96,128)(H,97,108)(H,98,109)(H,99,125)(H,100,124)(H,101,129)(H,102,117)(H,103,123)(H,104,126)(H,105,120)(H,110,111)(H,130,131)(H,132,133)/t37-,38-,39-,40+,41-,42-,43-,45-,46-,47-,48-,49-,50-,51-,52-,56-,57-,58-,59-,60-,61+,62+,63+,64-,65+/m0/s1. The van der Waals surface area contributed by atoms with Gasteiger partial charge in [0, 0.05) is 52.4 Å². The second kappa shape index (κ2) is 55.6. The summed E-state index contributed by atoms with van der Waals surface area (Å²) in [6.45, 7) is 13.8. The molecule has 4 aliphatic rings. The average Bonchev–Trinajstić information content (AvgIpc) is 0.854. The Balaban J connectivity index is 1.99. The number of rotatable bonds is 18. The lowest BCUT2D eigenvalue weighted by atomic mass is 9.95. The number of carboxylic acids is 3. The van der Waals surface area contributed by atoms with Crippen molar-refractivity contribution in [3.63, 3.8) is 0 Å². The van der Waals surface area contributed by atoms with Gasteiger partial charge < -0.3 is 143 Å². The Bertz CT molecular complexity index is 4450. The molecule has 4 aliphatic heterocycles. The molecule has 136 heavy (non-hydrogen) atoms. The molecule has 4 saturated heterocycles. The highest BCUT2D eigenvalue weighted by molar-refractivity contribution is 8.00. The van der Waals surface area contributed by atoms with Crippen molar-refractivity contribution in [1.82, 2.24) is 106 Å². The average molecular weight is 1980 g/mol. The summed E-state index contributed by atoms with van der Waals surface area (Å²) in [7, 11) is 0. The van der Waals surface area contributed by atoms with Gasteiger partial charge in [-0.3, -0.25) is 95.9 Å². The minimum absolute atomic E-state index is 0.0588. The van der Waals surface area contributed by atoms with Gasteiger partial charge in [0.05, 0.1) is 31.8 Å². The minimum atomic E-state index is -2.98. The van der Waals surface area contributed by atoms with Crippen molar-refractivity contribution in [1.29, 1.82) is 0 Å². The number of carboxylic acid groups (broad SMARTS) is 3. The molecule has 4 fully saturated rings. The SMILES string of the molecule is CC[C@H](C)[C@@H]1NC(=O)CNC(=O)[C@H](Cc2ccccc2)NC(=O)[C@@H]2CNCCCC[C@@H](C(=O)O)NC(=O)[C@@H]3NC(=O)[C@H]([C@@H](C)O)NC(=O)CNC(=O)[C@H]([C@@H](O)C(=O)O)NC(=O)[C@@H]4CS[C@@H](C)[C@@H](NC(=O)[C@H](CO)NC(=O)[C@H](C)NC(=O)[C@@H](NC(=O)[C@@H](N)CCC(=O)O)CS[C@H]3C)C(=O)N[C@@H](CS[C@@H](C)[C@@H](NC(=O)[C@H](C(C)C)NC1=O)C(=O)N[C@@H]([C@@H](C)CC)C(=O)N[C@@H](C(C)C)C(=O)N4)C(=O)N2. The molecule has 1 aromatic rings. The van der Waals surface area contributed by atoms with Crippen LogP contribution in [0.15, 0.2) is 30.3 Å². The van der Waals surface area contributed by atoms with Crippen LogP contribution in [0.5, 0.6) is 0 Å². The summed E-state index contributed by atoms with van der Waals surface area (Å²) < 4.78 is 0. The van der Waals surface area contributed by atoms with E-state index in [0.29, 0.717) is 40.8 Å². The Kier molecular flexibility index (Phi) is 47.0. The highest BCUT2D eigenvalue weighted by Gasteiger charge is 2.46. The van der Waals surface area contributed by atoms with Gasteiger partial charge in [0.15, 0.2) is 6.10 Å².